The average Bonchev–Trinajstić information content (AvgIpc) is 2.68. The zero-order valence-corrected chi connectivity index (χ0v) is 9.76. The van der Waals surface area contributed by atoms with E-state index in [2.05, 4.69) is 34.4 Å². The molecule has 0 saturated carbocycles. The van der Waals surface area contributed by atoms with Crippen molar-refractivity contribution in [2.45, 2.75) is 43.8 Å². The molecular weight excluding hydrogens is 198 g/mol. The number of piperidine rings is 1. The molecule has 0 aliphatic carbocycles. The van der Waals surface area contributed by atoms with Gasteiger partial charge in [-0.25, -0.2) is 0 Å². The lowest BCUT2D eigenvalue weighted by Gasteiger charge is -2.36. The molecule has 1 aromatic rings. The number of rotatable bonds is 2. The maximum absolute atomic E-state index is 4.08. The number of hydrogen-bond donors (Lipinski definition) is 1. The van der Waals surface area contributed by atoms with E-state index in [9.17, 15) is 0 Å². The van der Waals surface area contributed by atoms with Crippen LogP contribution in [0.4, 0.5) is 5.69 Å². The molecule has 2 fully saturated rings. The average molecular weight is 217 g/mol. The SMILES string of the molecule is CN(c1ccncc1)C1CC2CCC(C1)N2. The molecule has 2 saturated heterocycles. The lowest BCUT2D eigenvalue weighted by Crippen LogP contribution is -2.47. The third kappa shape index (κ3) is 1.80. The molecule has 16 heavy (non-hydrogen) atoms. The van der Waals surface area contributed by atoms with Gasteiger partial charge in [0.2, 0.25) is 0 Å². The minimum atomic E-state index is 0.696. The van der Waals surface area contributed by atoms with Crippen LogP contribution in [-0.4, -0.2) is 30.2 Å². The monoisotopic (exact) mass is 217 g/mol. The summed E-state index contributed by atoms with van der Waals surface area (Å²) in [5.74, 6) is 0. The summed E-state index contributed by atoms with van der Waals surface area (Å²) in [6.45, 7) is 0. The molecule has 2 bridgehead atoms. The molecule has 2 unspecified atom stereocenters. The highest BCUT2D eigenvalue weighted by Gasteiger charge is 2.35. The van der Waals surface area contributed by atoms with Crippen LogP contribution in [0.25, 0.3) is 0 Å². The van der Waals surface area contributed by atoms with Gasteiger partial charge < -0.3 is 10.2 Å². The first kappa shape index (κ1) is 10.1. The molecule has 3 heteroatoms. The Morgan fingerprint density at radius 1 is 1.19 bits per heavy atom. The summed E-state index contributed by atoms with van der Waals surface area (Å²) < 4.78 is 0. The normalized spacial score (nSPS) is 32.7. The Bertz CT molecular complexity index is 339. The minimum absolute atomic E-state index is 0.696. The fourth-order valence-electron chi connectivity index (χ4n) is 3.13. The Morgan fingerprint density at radius 2 is 1.81 bits per heavy atom. The van der Waals surface area contributed by atoms with E-state index in [1.165, 1.54) is 31.4 Å². The molecule has 3 heterocycles. The zero-order chi connectivity index (χ0) is 11.0. The van der Waals surface area contributed by atoms with Gasteiger partial charge in [-0.2, -0.15) is 0 Å². The standard InChI is InChI=1S/C13H19N3/c1-16(12-4-6-14-7-5-12)13-8-10-2-3-11(9-13)15-10/h4-7,10-11,13,15H,2-3,8-9H2,1H3. The van der Waals surface area contributed by atoms with Gasteiger partial charge in [0.1, 0.15) is 0 Å². The number of pyridine rings is 1. The zero-order valence-electron chi connectivity index (χ0n) is 9.76. The Morgan fingerprint density at radius 3 is 2.44 bits per heavy atom. The van der Waals surface area contributed by atoms with Crippen molar-refractivity contribution >= 4 is 5.69 Å². The summed E-state index contributed by atoms with van der Waals surface area (Å²) in [4.78, 5) is 6.50. The summed E-state index contributed by atoms with van der Waals surface area (Å²) in [5.41, 5.74) is 1.29. The molecule has 0 amide bonds. The van der Waals surface area contributed by atoms with Gasteiger partial charge in [-0.1, -0.05) is 0 Å². The predicted molar refractivity (Wildman–Crippen MR) is 65.6 cm³/mol. The summed E-state index contributed by atoms with van der Waals surface area (Å²) in [7, 11) is 2.21. The molecule has 3 rings (SSSR count). The van der Waals surface area contributed by atoms with Crippen molar-refractivity contribution in [2.24, 2.45) is 0 Å². The lowest BCUT2D eigenvalue weighted by atomic mass is 9.98. The van der Waals surface area contributed by atoms with Crippen molar-refractivity contribution < 1.29 is 0 Å². The fraction of sp³-hybridized carbons (Fsp3) is 0.615. The highest BCUT2D eigenvalue weighted by molar-refractivity contribution is 5.45. The lowest BCUT2D eigenvalue weighted by molar-refractivity contribution is 0.355. The number of nitrogens with zero attached hydrogens (tertiary/aromatic N) is 2. The third-order valence-corrected chi connectivity index (χ3v) is 4.07. The summed E-state index contributed by atoms with van der Waals surface area (Å²) in [6, 6.07) is 6.41. The highest BCUT2D eigenvalue weighted by atomic mass is 15.2. The second-order valence-corrected chi connectivity index (χ2v) is 5.08. The summed E-state index contributed by atoms with van der Waals surface area (Å²) in [6.07, 6.45) is 9.06. The van der Waals surface area contributed by atoms with E-state index in [4.69, 9.17) is 0 Å². The topological polar surface area (TPSA) is 28.2 Å². The van der Waals surface area contributed by atoms with Crippen LogP contribution in [-0.2, 0) is 0 Å². The van der Waals surface area contributed by atoms with Crippen LogP contribution in [0.2, 0.25) is 0 Å². The van der Waals surface area contributed by atoms with E-state index in [0.29, 0.717) is 6.04 Å². The van der Waals surface area contributed by atoms with Crippen molar-refractivity contribution in [3.05, 3.63) is 24.5 Å². The molecule has 2 aliphatic heterocycles. The molecule has 2 atom stereocenters. The van der Waals surface area contributed by atoms with E-state index in [1.807, 2.05) is 12.4 Å². The molecule has 1 N–H and O–H groups in total. The molecule has 1 aromatic heterocycles. The van der Waals surface area contributed by atoms with Gasteiger partial charge in [-0.05, 0) is 37.8 Å². The molecule has 3 nitrogen and oxygen atoms in total. The van der Waals surface area contributed by atoms with E-state index in [0.717, 1.165) is 12.1 Å². The van der Waals surface area contributed by atoms with Crippen LogP contribution >= 0.6 is 0 Å². The first-order valence-corrected chi connectivity index (χ1v) is 6.22. The Labute approximate surface area is 96.9 Å². The van der Waals surface area contributed by atoms with Crippen molar-refractivity contribution in [3.63, 3.8) is 0 Å². The summed E-state index contributed by atoms with van der Waals surface area (Å²) >= 11 is 0. The Kier molecular flexibility index (Phi) is 2.56. The number of nitrogens with one attached hydrogen (secondary N) is 1. The third-order valence-electron chi connectivity index (χ3n) is 4.07. The van der Waals surface area contributed by atoms with Gasteiger partial charge in [-0.3, -0.25) is 4.98 Å². The number of hydrogen-bond acceptors (Lipinski definition) is 3. The van der Waals surface area contributed by atoms with Gasteiger partial charge in [0.05, 0.1) is 0 Å². The maximum Gasteiger partial charge on any atom is 0.0396 e. The van der Waals surface area contributed by atoms with Gasteiger partial charge in [-0.15, -0.1) is 0 Å². The van der Waals surface area contributed by atoms with E-state index in [-0.39, 0.29) is 0 Å². The quantitative estimate of drug-likeness (QED) is 0.818. The number of fused-ring (bicyclic) bond motifs is 2. The molecule has 2 aliphatic rings. The Balaban J connectivity index is 1.73. The minimum Gasteiger partial charge on any atom is -0.371 e. The largest absolute Gasteiger partial charge is 0.371 e. The van der Waals surface area contributed by atoms with Gasteiger partial charge >= 0.3 is 0 Å². The first-order chi connectivity index (χ1) is 7.83. The highest BCUT2D eigenvalue weighted by Crippen LogP contribution is 2.31. The maximum atomic E-state index is 4.08. The molecule has 0 aromatic carbocycles. The number of aromatic nitrogens is 1. The van der Waals surface area contributed by atoms with E-state index in [1.54, 1.807) is 0 Å². The van der Waals surface area contributed by atoms with Crippen molar-refractivity contribution in [1.29, 1.82) is 0 Å². The fourth-order valence-corrected chi connectivity index (χ4v) is 3.13. The second-order valence-electron chi connectivity index (χ2n) is 5.08. The van der Waals surface area contributed by atoms with Crippen molar-refractivity contribution in [3.8, 4) is 0 Å². The smallest absolute Gasteiger partial charge is 0.0396 e. The van der Waals surface area contributed by atoms with Gasteiger partial charge in [0.25, 0.3) is 0 Å². The molecule has 86 valence electrons. The molecule has 0 spiro atoms. The second kappa shape index (κ2) is 4.06. The Hall–Kier alpha value is -1.09. The van der Waals surface area contributed by atoms with E-state index >= 15 is 0 Å². The predicted octanol–water partition coefficient (Wildman–Crippen LogP) is 1.80. The first-order valence-electron chi connectivity index (χ1n) is 6.22. The van der Waals surface area contributed by atoms with E-state index < -0.39 is 0 Å². The van der Waals surface area contributed by atoms with Crippen LogP contribution in [0.1, 0.15) is 25.7 Å². The van der Waals surface area contributed by atoms with Crippen LogP contribution in [0, 0.1) is 0 Å². The van der Waals surface area contributed by atoms with Crippen LogP contribution < -0.4 is 10.2 Å². The van der Waals surface area contributed by atoms with Gasteiger partial charge in [0.15, 0.2) is 0 Å². The van der Waals surface area contributed by atoms with Gasteiger partial charge in [0, 0.05) is 43.3 Å². The van der Waals surface area contributed by atoms with Crippen LogP contribution in [0.3, 0.4) is 0 Å². The van der Waals surface area contributed by atoms with Crippen LogP contribution in [0.15, 0.2) is 24.5 Å². The van der Waals surface area contributed by atoms with Crippen molar-refractivity contribution in [2.75, 3.05) is 11.9 Å². The van der Waals surface area contributed by atoms with Crippen LogP contribution in [0.5, 0.6) is 0 Å². The molecular formula is C13H19N3. The van der Waals surface area contributed by atoms with Crippen molar-refractivity contribution in [1.82, 2.24) is 10.3 Å². The molecule has 0 radical (unpaired) electrons. The summed E-state index contributed by atoms with van der Waals surface area (Å²) in [5, 5.41) is 3.69. The number of anilines is 1.